The molecule has 0 unspecified atom stereocenters. The van der Waals surface area contributed by atoms with Crippen molar-refractivity contribution in [2.45, 2.75) is 45.1 Å². The lowest BCUT2D eigenvalue weighted by Gasteiger charge is -2.31. The summed E-state index contributed by atoms with van der Waals surface area (Å²) in [5.41, 5.74) is 1.96. The Labute approximate surface area is 167 Å². The highest BCUT2D eigenvalue weighted by molar-refractivity contribution is 6.31. The molecule has 2 fully saturated rings. The number of hydrogen-bond donors (Lipinski definition) is 2. The van der Waals surface area contributed by atoms with E-state index in [0.29, 0.717) is 11.1 Å². The van der Waals surface area contributed by atoms with E-state index < -0.39 is 0 Å². The zero-order valence-corrected chi connectivity index (χ0v) is 17.0. The standard InChI is InChI=1S/C18H26ClN3O.2ClH/c1-13-11-14(7-8-20-13)18(23)21-16-12-15(19)5-6-17(16)22-9-3-2-4-10-22;;/h5-6,12-14,20H,2-4,7-11H2,1H3,(H,21,23);2*1H/t13-,14-;;/m0../s1. The van der Waals surface area contributed by atoms with Gasteiger partial charge in [0.25, 0.3) is 0 Å². The Hall–Kier alpha value is -0.680. The molecular weight excluding hydrogens is 381 g/mol. The molecule has 2 N–H and O–H groups in total. The van der Waals surface area contributed by atoms with Crippen molar-refractivity contribution in [3.8, 4) is 0 Å². The molecule has 0 aromatic heterocycles. The van der Waals surface area contributed by atoms with E-state index in [1.807, 2.05) is 18.2 Å². The summed E-state index contributed by atoms with van der Waals surface area (Å²) in [6.45, 7) is 5.15. The quantitative estimate of drug-likeness (QED) is 0.774. The lowest BCUT2D eigenvalue weighted by atomic mass is 9.92. The van der Waals surface area contributed by atoms with Crippen LogP contribution in [0, 0.1) is 5.92 Å². The highest BCUT2D eigenvalue weighted by atomic mass is 35.5. The van der Waals surface area contributed by atoms with Gasteiger partial charge in [-0.1, -0.05) is 11.6 Å². The molecule has 2 atom stereocenters. The van der Waals surface area contributed by atoms with E-state index in [4.69, 9.17) is 11.6 Å². The second-order valence-corrected chi connectivity index (χ2v) is 7.21. The summed E-state index contributed by atoms with van der Waals surface area (Å²) in [6, 6.07) is 6.23. The van der Waals surface area contributed by atoms with Crippen molar-refractivity contribution in [1.82, 2.24) is 5.32 Å². The van der Waals surface area contributed by atoms with Crippen molar-refractivity contribution in [3.63, 3.8) is 0 Å². The largest absolute Gasteiger partial charge is 0.370 e. The average Bonchev–Trinajstić information content (AvgIpc) is 2.56. The summed E-state index contributed by atoms with van der Waals surface area (Å²) >= 11 is 6.17. The maximum absolute atomic E-state index is 12.7. The number of nitrogens with one attached hydrogen (secondary N) is 2. The zero-order chi connectivity index (χ0) is 16.2. The minimum Gasteiger partial charge on any atom is -0.370 e. The predicted molar refractivity (Wildman–Crippen MR) is 111 cm³/mol. The van der Waals surface area contributed by atoms with E-state index in [2.05, 4.69) is 22.5 Å². The first kappa shape index (κ1) is 22.4. The minimum atomic E-state index is 0. The number of rotatable bonds is 3. The number of piperidine rings is 2. The van der Waals surface area contributed by atoms with Gasteiger partial charge < -0.3 is 15.5 Å². The van der Waals surface area contributed by atoms with Crippen molar-refractivity contribution in [2.24, 2.45) is 5.92 Å². The van der Waals surface area contributed by atoms with Crippen LogP contribution in [0.15, 0.2) is 18.2 Å². The number of anilines is 2. The van der Waals surface area contributed by atoms with E-state index >= 15 is 0 Å². The molecule has 0 radical (unpaired) electrons. The molecule has 2 saturated heterocycles. The van der Waals surface area contributed by atoms with Gasteiger partial charge in [-0.05, 0) is 63.8 Å². The fourth-order valence-corrected chi connectivity index (χ4v) is 3.80. The topological polar surface area (TPSA) is 44.4 Å². The molecule has 0 saturated carbocycles. The molecule has 7 heteroatoms. The Morgan fingerprint density at radius 1 is 1.24 bits per heavy atom. The SMILES string of the molecule is C[C@H]1C[C@@H](C(=O)Nc2cc(Cl)ccc2N2CCCCC2)CCN1.Cl.Cl. The first-order valence-electron chi connectivity index (χ1n) is 8.72. The molecule has 25 heavy (non-hydrogen) atoms. The Bertz CT molecular complexity index is 564. The normalized spacial score (nSPS) is 23.2. The van der Waals surface area contributed by atoms with E-state index in [-0.39, 0.29) is 36.6 Å². The molecule has 0 spiro atoms. The minimum absolute atomic E-state index is 0. The van der Waals surface area contributed by atoms with Crippen LogP contribution in [0.2, 0.25) is 5.02 Å². The molecule has 4 nitrogen and oxygen atoms in total. The maximum Gasteiger partial charge on any atom is 0.227 e. The van der Waals surface area contributed by atoms with E-state index in [1.54, 1.807) is 0 Å². The van der Waals surface area contributed by atoms with Gasteiger partial charge in [-0.25, -0.2) is 0 Å². The zero-order valence-electron chi connectivity index (χ0n) is 14.6. The first-order valence-corrected chi connectivity index (χ1v) is 9.10. The number of carbonyl (C=O) groups excluding carboxylic acids is 1. The third-order valence-corrected chi connectivity index (χ3v) is 5.14. The lowest BCUT2D eigenvalue weighted by molar-refractivity contribution is -0.120. The number of halogens is 3. The number of hydrogen-bond acceptors (Lipinski definition) is 3. The fraction of sp³-hybridized carbons (Fsp3) is 0.611. The molecule has 3 rings (SSSR count). The van der Waals surface area contributed by atoms with Crippen molar-refractivity contribution in [2.75, 3.05) is 29.9 Å². The number of nitrogens with zero attached hydrogens (tertiary/aromatic N) is 1. The van der Waals surface area contributed by atoms with Crippen molar-refractivity contribution >= 4 is 53.7 Å². The molecule has 1 aromatic carbocycles. The molecule has 1 amide bonds. The van der Waals surface area contributed by atoms with Gasteiger partial charge in [-0.3, -0.25) is 4.79 Å². The van der Waals surface area contributed by atoms with Gasteiger partial charge in [0.05, 0.1) is 11.4 Å². The van der Waals surface area contributed by atoms with Gasteiger partial charge in [-0.2, -0.15) is 0 Å². The highest BCUT2D eigenvalue weighted by Crippen LogP contribution is 2.32. The monoisotopic (exact) mass is 407 g/mol. The molecule has 2 aliphatic rings. The third kappa shape index (κ3) is 5.92. The van der Waals surface area contributed by atoms with Crippen LogP contribution in [-0.2, 0) is 4.79 Å². The second kappa shape index (κ2) is 10.5. The van der Waals surface area contributed by atoms with Gasteiger partial charge in [0.1, 0.15) is 0 Å². The van der Waals surface area contributed by atoms with Crippen LogP contribution in [0.25, 0.3) is 0 Å². The highest BCUT2D eigenvalue weighted by Gasteiger charge is 2.26. The first-order chi connectivity index (χ1) is 11.1. The van der Waals surface area contributed by atoms with Gasteiger partial charge in [0, 0.05) is 30.1 Å². The summed E-state index contributed by atoms with van der Waals surface area (Å²) < 4.78 is 0. The van der Waals surface area contributed by atoms with E-state index in [0.717, 1.165) is 43.9 Å². The molecule has 0 aliphatic carbocycles. The molecule has 142 valence electrons. The average molecular weight is 409 g/mol. The van der Waals surface area contributed by atoms with Crippen molar-refractivity contribution in [3.05, 3.63) is 23.2 Å². The Morgan fingerprint density at radius 2 is 1.96 bits per heavy atom. The van der Waals surface area contributed by atoms with Crippen LogP contribution < -0.4 is 15.5 Å². The van der Waals surface area contributed by atoms with Crippen LogP contribution >= 0.6 is 36.4 Å². The van der Waals surface area contributed by atoms with Gasteiger partial charge in [0.2, 0.25) is 5.91 Å². The number of amides is 1. The third-order valence-electron chi connectivity index (χ3n) is 4.91. The Balaban J connectivity index is 0.00000156. The van der Waals surface area contributed by atoms with Crippen LogP contribution in [0.5, 0.6) is 0 Å². The smallest absolute Gasteiger partial charge is 0.227 e. The molecule has 0 bridgehead atoms. The maximum atomic E-state index is 12.7. The predicted octanol–water partition coefficient (Wildman–Crippen LogP) is 4.50. The Morgan fingerprint density at radius 3 is 2.64 bits per heavy atom. The molecule has 2 aliphatic heterocycles. The molecular formula is C18H28Cl3N3O. The fourth-order valence-electron chi connectivity index (χ4n) is 3.62. The van der Waals surface area contributed by atoms with Gasteiger partial charge in [-0.15, -0.1) is 24.8 Å². The summed E-state index contributed by atoms with van der Waals surface area (Å²) in [5, 5.41) is 7.21. The number of benzene rings is 1. The van der Waals surface area contributed by atoms with Gasteiger partial charge >= 0.3 is 0 Å². The summed E-state index contributed by atoms with van der Waals surface area (Å²) in [5.74, 6) is 0.207. The second-order valence-electron chi connectivity index (χ2n) is 6.77. The molecule has 1 aromatic rings. The van der Waals surface area contributed by atoms with Crippen LogP contribution in [0.4, 0.5) is 11.4 Å². The van der Waals surface area contributed by atoms with Crippen LogP contribution in [0.1, 0.15) is 39.0 Å². The summed E-state index contributed by atoms with van der Waals surface area (Å²) in [4.78, 5) is 15.0. The van der Waals surface area contributed by atoms with Crippen LogP contribution in [-0.4, -0.2) is 31.6 Å². The molecule has 2 heterocycles. The van der Waals surface area contributed by atoms with Gasteiger partial charge in [0.15, 0.2) is 0 Å². The summed E-state index contributed by atoms with van der Waals surface area (Å²) in [6.07, 6.45) is 5.50. The van der Waals surface area contributed by atoms with Crippen LogP contribution in [0.3, 0.4) is 0 Å². The van der Waals surface area contributed by atoms with Crippen molar-refractivity contribution in [1.29, 1.82) is 0 Å². The lowest BCUT2D eigenvalue weighted by Crippen LogP contribution is -2.40. The van der Waals surface area contributed by atoms with E-state index in [9.17, 15) is 4.79 Å². The number of carbonyl (C=O) groups is 1. The Kier molecular flexibility index (Phi) is 9.36. The van der Waals surface area contributed by atoms with E-state index in [1.165, 1.54) is 19.3 Å². The van der Waals surface area contributed by atoms with Crippen molar-refractivity contribution < 1.29 is 4.79 Å². The summed E-state index contributed by atoms with van der Waals surface area (Å²) in [7, 11) is 0.